The summed E-state index contributed by atoms with van der Waals surface area (Å²) in [6.07, 6.45) is 1.44. The molecular formula is C25H29FN4O3. The number of carbonyl (C=O) groups is 2. The van der Waals surface area contributed by atoms with Crippen LogP contribution >= 0.6 is 0 Å². The third-order valence-corrected chi connectivity index (χ3v) is 4.88. The molecule has 174 valence electrons. The zero-order chi connectivity index (χ0) is 24.0. The Morgan fingerprint density at radius 2 is 1.82 bits per heavy atom. The molecule has 0 aliphatic heterocycles. The SMILES string of the molecule is CC(C)NC(=O)Nc1ccc(N(C)C)c(CN(Cc2cccc(F)c2)C(=O)c2ccco2)c1. The first kappa shape index (κ1) is 23.8. The van der Waals surface area contributed by atoms with Crippen molar-refractivity contribution in [3.8, 4) is 0 Å². The second-order valence-electron chi connectivity index (χ2n) is 8.26. The molecule has 2 aromatic carbocycles. The lowest BCUT2D eigenvalue weighted by atomic mass is 10.1. The smallest absolute Gasteiger partial charge is 0.319 e. The first-order chi connectivity index (χ1) is 15.7. The third-order valence-electron chi connectivity index (χ3n) is 4.88. The summed E-state index contributed by atoms with van der Waals surface area (Å²) in [5, 5.41) is 5.62. The molecular weight excluding hydrogens is 423 g/mol. The highest BCUT2D eigenvalue weighted by Gasteiger charge is 2.21. The summed E-state index contributed by atoms with van der Waals surface area (Å²) in [7, 11) is 3.81. The molecule has 0 unspecified atom stereocenters. The summed E-state index contributed by atoms with van der Waals surface area (Å²) in [4.78, 5) is 28.9. The Hall–Kier alpha value is -3.81. The van der Waals surface area contributed by atoms with Crippen molar-refractivity contribution >= 4 is 23.3 Å². The van der Waals surface area contributed by atoms with Crippen LogP contribution in [0.1, 0.15) is 35.5 Å². The minimum absolute atomic E-state index is 0.00167. The van der Waals surface area contributed by atoms with Crippen LogP contribution in [0.3, 0.4) is 0 Å². The van der Waals surface area contributed by atoms with Gasteiger partial charge in [-0.3, -0.25) is 4.79 Å². The molecule has 0 fully saturated rings. The lowest BCUT2D eigenvalue weighted by Gasteiger charge is -2.26. The highest BCUT2D eigenvalue weighted by atomic mass is 19.1. The molecule has 2 N–H and O–H groups in total. The van der Waals surface area contributed by atoms with E-state index >= 15 is 0 Å². The minimum atomic E-state index is -0.366. The Morgan fingerprint density at radius 3 is 2.45 bits per heavy atom. The average Bonchev–Trinajstić information content (AvgIpc) is 3.27. The first-order valence-corrected chi connectivity index (χ1v) is 10.7. The maximum atomic E-state index is 13.8. The topological polar surface area (TPSA) is 77.8 Å². The van der Waals surface area contributed by atoms with Crippen LogP contribution in [-0.4, -0.2) is 37.0 Å². The van der Waals surface area contributed by atoms with Gasteiger partial charge in [0, 0.05) is 44.6 Å². The quantitative estimate of drug-likeness (QED) is 0.512. The summed E-state index contributed by atoms with van der Waals surface area (Å²) in [5.74, 6) is -0.484. The summed E-state index contributed by atoms with van der Waals surface area (Å²) in [5.41, 5.74) is 2.97. The van der Waals surface area contributed by atoms with E-state index in [1.807, 2.05) is 51.0 Å². The van der Waals surface area contributed by atoms with Gasteiger partial charge >= 0.3 is 6.03 Å². The van der Waals surface area contributed by atoms with Crippen molar-refractivity contribution in [2.75, 3.05) is 24.3 Å². The maximum absolute atomic E-state index is 13.8. The van der Waals surface area contributed by atoms with Gasteiger partial charge in [-0.15, -0.1) is 0 Å². The molecule has 0 bridgehead atoms. The number of furan rings is 1. The molecule has 1 aromatic heterocycles. The lowest BCUT2D eigenvalue weighted by Crippen LogP contribution is -2.34. The highest BCUT2D eigenvalue weighted by Crippen LogP contribution is 2.26. The second-order valence-corrected chi connectivity index (χ2v) is 8.26. The predicted octanol–water partition coefficient (Wildman–Crippen LogP) is 4.86. The van der Waals surface area contributed by atoms with Crippen LogP contribution < -0.4 is 15.5 Å². The minimum Gasteiger partial charge on any atom is -0.459 e. The number of hydrogen-bond acceptors (Lipinski definition) is 4. The van der Waals surface area contributed by atoms with Crippen LogP contribution in [0.25, 0.3) is 0 Å². The van der Waals surface area contributed by atoms with E-state index in [-0.39, 0.29) is 42.6 Å². The third kappa shape index (κ3) is 6.58. The largest absolute Gasteiger partial charge is 0.459 e. The number of rotatable bonds is 8. The van der Waals surface area contributed by atoms with Gasteiger partial charge in [0.1, 0.15) is 5.82 Å². The molecule has 0 aliphatic rings. The van der Waals surface area contributed by atoms with Crippen LogP contribution in [0.2, 0.25) is 0 Å². The lowest BCUT2D eigenvalue weighted by molar-refractivity contribution is 0.0697. The van der Waals surface area contributed by atoms with Gasteiger partial charge in [0.15, 0.2) is 5.76 Å². The molecule has 33 heavy (non-hydrogen) atoms. The molecule has 0 spiro atoms. The van der Waals surface area contributed by atoms with Gasteiger partial charge in [0.25, 0.3) is 5.91 Å². The molecule has 1 heterocycles. The van der Waals surface area contributed by atoms with E-state index in [1.54, 1.807) is 29.2 Å². The molecule has 0 saturated carbocycles. The van der Waals surface area contributed by atoms with Crippen molar-refractivity contribution in [3.63, 3.8) is 0 Å². The summed E-state index contributed by atoms with van der Waals surface area (Å²) in [6.45, 7) is 4.18. The van der Waals surface area contributed by atoms with Crippen molar-refractivity contribution in [2.45, 2.75) is 33.0 Å². The number of nitrogens with zero attached hydrogens (tertiary/aromatic N) is 2. The van der Waals surface area contributed by atoms with Crippen molar-refractivity contribution < 1.29 is 18.4 Å². The molecule has 7 nitrogen and oxygen atoms in total. The number of anilines is 2. The van der Waals surface area contributed by atoms with Crippen LogP contribution in [0.15, 0.2) is 65.3 Å². The Kier molecular flexibility index (Phi) is 7.71. The van der Waals surface area contributed by atoms with Gasteiger partial charge in [-0.05, 0) is 67.4 Å². The average molecular weight is 453 g/mol. The fraction of sp³-hybridized carbons (Fsp3) is 0.280. The first-order valence-electron chi connectivity index (χ1n) is 10.7. The molecule has 0 radical (unpaired) electrons. The number of urea groups is 1. The zero-order valence-corrected chi connectivity index (χ0v) is 19.3. The molecule has 3 rings (SSSR count). The van der Waals surface area contributed by atoms with E-state index in [9.17, 15) is 14.0 Å². The van der Waals surface area contributed by atoms with Crippen molar-refractivity contribution in [3.05, 3.63) is 83.6 Å². The Bertz CT molecular complexity index is 1100. The zero-order valence-electron chi connectivity index (χ0n) is 19.3. The van der Waals surface area contributed by atoms with Gasteiger partial charge in [0.05, 0.1) is 6.26 Å². The Morgan fingerprint density at radius 1 is 1.03 bits per heavy atom. The standard InChI is InChI=1S/C25H29FN4O3/c1-17(2)27-25(32)28-21-10-11-22(29(3)4)19(14-21)16-30(24(31)23-9-6-12-33-23)15-18-7-5-8-20(26)13-18/h5-14,17H,15-16H2,1-4H3,(H2,27,28,32). The number of nitrogens with one attached hydrogen (secondary N) is 2. The van der Waals surface area contributed by atoms with Crippen LogP contribution in [-0.2, 0) is 13.1 Å². The molecule has 3 amide bonds. The molecule has 0 atom stereocenters. The number of hydrogen-bond donors (Lipinski definition) is 2. The van der Waals surface area contributed by atoms with E-state index in [0.29, 0.717) is 11.3 Å². The van der Waals surface area contributed by atoms with Crippen LogP contribution in [0, 0.1) is 5.82 Å². The van der Waals surface area contributed by atoms with Crippen LogP contribution in [0.4, 0.5) is 20.6 Å². The number of carbonyl (C=O) groups excluding carboxylic acids is 2. The van der Waals surface area contributed by atoms with Gasteiger partial charge < -0.3 is 24.9 Å². The van der Waals surface area contributed by atoms with Crippen molar-refractivity contribution in [1.82, 2.24) is 10.2 Å². The molecule has 0 saturated heterocycles. The number of amides is 3. The number of halogens is 1. The Balaban J connectivity index is 1.93. The van der Waals surface area contributed by atoms with Gasteiger partial charge in [0.2, 0.25) is 0 Å². The van der Waals surface area contributed by atoms with E-state index in [2.05, 4.69) is 10.6 Å². The maximum Gasteiger partial charge on any atom is 0.319 e. The van der Waals surface area contributed by atoms with Gasteiger partial charge in [-0.25, -0.2) is 9.18 Å². The summed E-state index contributed by atoms with van der Waals surface area (Å²) >= 11 is 0. The fourth-order valence-electron chi connectivity index (χ4n) is 3.47. The van der Waals surface area contributed by atoms with Crippen LogP contribution in [0.5, 0.6) is 0 Å². The van der Waals surface area contributed by atoms with Crippen molar-refractivity contribution in [1.29, 1.82) is 0 Å². The molecule has 0 aliphatic carbocycles. The second kappa shape index (κ2) is 10.7. The van der Waals surface area contributed by atoms with E-state index < -0.39 is 0 Å². The van der Waals surface area contributed by atoms with Gasteiger partial charge in [-0.1, -0.05) is 12.1 Å². The highest BCUT2D eigenvalue weighted by molar-refractivity contribution is 5.92. The summed E-state index contributed by atoms with van der Waals surface area (Å²) < 4.78 is 19.1. The predicted molar refractivity (Wildman–Crippen MR) is 127 cm³/mol. The fourth-order valence-corrected chi connectivity index (χ4v) is 3.47. The number of benzene rings is 2. The molecule has 8 heteroatoms. The van der Waals surface area contributed by atoms with E-state index in [1.165, 1.54) is 18.4 Å². The van der Waals surface area contributed by atoms with E-state index in [4.69, 9.17) is 4.42 Å². The Labute approximate surface area is 193 Å². The van der Waals surface area contributed by atoms with Crippen molar-refractivity contribution in [2.24, 2.45) is 0 Å². The normalized spacial score (nSPS) is 10.7. The van der Waals surface area contributed by atoms with Gasteiger partial charge in [-0.2, -0.15) is 0 Å². The monoisotopic (exact) mass is 452 g/mol. The molecule has 3 aromatic rings. The summed E-state index contributed by atoms with van der Waals surface area (Å²) in [6, 6.07) is 14.6. The van der Waals surface area contributed by atoms with E-state index in [0.717, 1.165) is 11.3 Å².